The molecular formula is C12H16N2O. The van der Waals surface area contributed by atoms with E-state index < -0.39 is 0 Å². The quantitative estimate of drug-likeness (QED) is 0.759. The Kier molecular flexibility index (Phi) is 4.82. The van der Waals surface area contributed by atoms with E-state index >= 15 is 0 Å². The summed E-state index contributed by atoms with van der Waals surface area (Å²) in [5.74, 6) is -0.153. The molecule has 0 aliphatic rings. The summed E-state index contributed by atoms with van der Waals surface area (Å²) < 4.78 is 0. The first-order valence-electron chi connectivity index (χ1n) is 5.06. The number of benzene rings is 1. The van der Waals surface area contributed by atoms with E-state index in [-0.39, 0.29) is 18.6 Å². The van der Waals surface area contributed by atoms with Gasteiger partial charge in [-0.25, -0.2) is 0 Å². The van der Waals surface area contributed by atoms with Crippen molar-refractivity contribution in [3.8, 4) is 6.07 Å². The number of hydrogen-bond acceptors (Lipinski definition) is 3. The minimum atomic E-state index is -0.153. The summed E-state index contributed by atoms with van der Waals surface area (Å²) >= 11 is 0. The lowest BCUT2D eigenvalue weighted by molar-refractivity contribution is 0.251. The van der Waals surface area contributed by atoms with Crippen LogP contribution in [0, 0.1) is 11.3 Å². The van der Waals surface area contributed by atoms with Gasteiger partial charge in [0.15, 0.2) is 0 Å². The summed E-state index contributed by atoms with van der Waals surface area (Å²) in [4.78, 5) is 0. The van der Waals surface area contributed by atoms with E-state index in [0.29, 0.717) is 6.54 Å². The van der Waals surface area contributed by atoms with Crippen LogP contribution in [-0.4, -0.2) is 24.3 Å². The molecule has 3 nitrogen and oxygen atoms in total. The number of nitrogens with zero attached hydrogens (tertiary/aromatic N) is 1. The van der Waals surface area contributed by atoms with Gasteiger partial charge in [-0.15, -0.1) is 0 Å². The Bertz CT molecular complexity index is 318. The third-order valence-corrected chi connectivity index (χ3v) is 2.30. The van der Waals surface area contributed by atoms with Crippen LogP contribution >= 0.6 is 0 Å². The van der Waals surface area contributed by atoms with Gasteiger partial charge in [-0.1, -0.05) is 30.3 Å². The fourth-order valence-corrected chi connectivity index (χ4v) is 1.31. The summed E-state index contributed by atoms with van der Waals surface area (Å²) in [7, 11) is 0. The fraction of sp³-hybridized carbons (Fsp3) is 0.417. The predicted molar refractivity (Wildman–Crippen MR) is 59.3 cm³/mol. The summed E-state index contributed by atoms with van der Waals surface area (Å²) in [6.45, 7) is 2.55. The minimum Gasteiger partial charge on any atom is -0.395 e. The molecule has 3 heteroatoms. The van der Waals surface area contributed by atoms with Crippen LogP contribution in [-0.2, 0) is 0 Å². The van der Waals surface area contributed by atoms with Gasteiger partial charge < -0.3 is 10.4 Å². The fourth-order valence-electron chi connectivity index (χ4n) is 1.31. The lowest BCUT2D eigenvalue weighted by Crippen LogP contribution is -2.32. The number of nitriles is 1. The molecule has 0 saturated heterocycles. The van der Waals surface area contributed by atoms with E-state index in [2.05, 4.69) is 11.4 Å². The summed E-state index contributed by atoms with van der Waals surface area (Å²) in [6, 6.07) is 12.0. The number of hydrogen-bond donors (Lipinski definition) is 2. The monoisotopic (exact) mass is 204 g/mol. The average Bonchev–Trinajstić information content (AvgIpc) is 2.31. The molecule has 0 heterocycles. The zero-order chi connectivity index (χ0) is 11.1. The molecule has 0 spiro atoms. The highest BCUT2D eigenvalue weighted by molar-refractivity contribution is 5.25. The molecular weight excluding hydrogens is 188 g/mol. The highest BCUT2D eigenvalue weighted by Crippen LogP contribution is 2.13. The first-order chi connectivity index (χ1) is 7.27. The maximum Gasteiger partial charge on any atom is 0.0837 e. The van der Waals surface area contributed by atoms with E-state index in [1.54, 1.807) is 0 Å². The van der Waals surface area contributed by atoms with Gasteiger partial charge in [0.2, 0.25) is 0 Å². The topological polar surface area (TPSA) is 56.0 Å². The molecule has 80 valence electrons. The second kappa shape index (κ2) is 6.18. The molecule has 2 unspecified atom stereocenters. The van der Waals surface area contributed by atoms with Gasteiger partial charge in [-0.2, -0.15) is 5.26 Å². The van der Waals surface area contributed by atoms with Crippen molar-refractivity contribution in [2.24, 2.45) is 0 Å². The van der Waals surface area contributed by atoms with Crippen LogP contribution < -0.4 is 5.32 Å². The Balaban J connectivity index is 2.55. The summed E-state index contributed by atoms with van der Waals surface area (Å²) in [5, 5.41) is 21.0. The summed E-state index contributed by atoms with van der Waals surface area (Å²) in [5.41, 5.74) is 1.01. The third-order valence-electron chi connectivity index (χ3n) is 2.30. The molecule has 0 aliphatic carbocycles. The number of rotatable bonds is 5. The zero-order valence-corrected chi connectivity index (χ0v) is 8.85. The molecule has 1 aromatic rings. The van der Waals surface area contributed by atoms with Crippen LogP contribution in [0.15, 0.2) is 30.3 Å². The number of nitrogens with one attached hydrogen (secondary N) is 1. The van der Waals surface area contributed by atoms with Gasteiger partial charge in [0.1, 0.15) is 0 Å². The molecule has 0 bridgehead atoms. The highest BCUT2D eigenvalue weighted by atomic mass is 16.3. The van der Waals surface area contributed by atoms with Gasteiger partial charge >= 0.3 is 0 Å². The highest BCUT2D eigenvalue weighted by Gasteiger charge is 2.10. The van der Waals surface area contributed by atoms with Crippen molar-refractivity contribution in [2.45, 2.75) is 18.9 Å². The van der Waals surface area contributed by atoms with Crippen LogP contribution in [0.4, 0.5) is 0 Å². The molecule has 2 atom stereocenters. The Morgan fingerprint density at radius 3 is 2.60 bits per heavy atom. The molecule has 0 radical (unpaired) electrons. The molecule has 0 aromatic heterocycles. The largest absolute Gasteiger partial charge is 0.395 e. The minimum absolute atomic E-state index is 0.0320. The van der Waals surface area contributed by atoms with Gasteiger partial charge in [0, 0.05) is 12.6 Å². The van der Waals surface area contributed by atoms with Crippen LogP contribution in [0.5, 0.6) is 0 Å². The lowest BCUT2D eigenvalue weighted by Gasteiger charge is -2.14. The van der Waals surface area contributed by atoms with Gasteiger partial charge in [0.25, 0.3) is 0 Å². The van der Waals surface area contributed by atoms with E-state index in [1.807, 2.05) is 37.3 Å². The summed E-state index contributed by atoms with van der Waals surface area (Å²) in [6.07, 6.45) is 0. The van der Waals surface area contributed by atoms with Crippen molar-refractivity contribution >= 4 is 0 Å². The molecule has 1 rings (SSSR count). The Morgan fingerprint density at radius 2 is 2.07 bits per heavy atom. The van der Waals surface area contributed by atoms with Gasteiger partial charge in [0.05, 0.1) is 18.6 Å². The van der Waals surface area contributed by atoms with Crippen molar-refractivity contribution in [1.29, 1.82) is 5.26 Å². The van der Waals surface area contributed by atoms with Crippen LogP contribution in [0.25, 0.3) is 0 Å². The standard InChI is InChI=1S/C12H16N2O/c1-10(9-15)14-8-12(7-13)11-5-3-2-4-6-11/h2-6,10,12,14-15H,8-9H2,1H3. The van der Waals surface area contributed by atoms with E-state index in [9.17, 15) is 0 Å². The molecule has 1 aromatic carbocycles. The number of aliphatic hydroxyl groups is 1. The van der Waals surface area contributed by atoms with Crippen LogP contribution in [0.2, 0.25) is 0 Å². The zero-order valence-electron chi connectivity index (χ0n) is 8.85. The first kappa shape index (κ1) is 11.7. The Labute approximate surface area is 90.4 Å². The number of aliphatic hydroxyl groups excluding tert-OH is 1. The van der Waals surface area contributed by atoms with Crippen LogP contribution in [0.1, 0.15) is 18.4 Å². The van der Waals surface area contributed by atoms with Crippen LogP contribution in [0.3, 0.4) is 0 Å². The molecule has 15 heavy (non-hydrogen) atoms. The second-order valence-electron chi connectivity index (χ2n) is 3.58. The van der Waals surface area contributed by atoms with Crippen molar-refractivity contribution in [3.63, 3.8) is 0 Å². The predicted octanol–water partition coefficient (Wildman–Crippen LogP) is 1.26. The normalized spacial score (nSPS) is 14.2. The molecule has 0 amide bonds. The molecule has 2 N–H and O–H groups in total. The Morgan fingerprint density at radius 1 is 1.40 bits per heavy atom. The lowest BCUT2D eigenvalue weighted by atomic mass is 10.0. The van der Waals surface area contributed by atoms with Crippen molar-refractivity contribution in [1.82, 2.24) is 5.32 Å². The molecule has 0 aliphatic heterocycles. The maximum absolute atomic E-state index is 9.01. The SMILES string of the molecule is CC(CO)NCC(C#N)c1ccccc1. The van der Waals surface area contributed by atoms with E-state index in [1.165, 1.54) is 0 Å². The van der Waals surface area contributed by atoms with Gasteiger partial charge in [-0.05, 0) is 12.5 Å². The van der Waals surface area contributed by atoms with E-state index in [4.69, 9.17) is 10.4 Å². The van der Waals surface area contributed by atoms with Crippen molar-refractivity contribution in [3.05, 3.63) is 35.9 Å². The third kappa shape index (κ3) is 3.70. The van der Waals surface area contributed by atoms with Crippen molar-refractivity contribution in [2.75, 3.05) is 13.2 Å². The van der Waals surface area contributed by atoms with Gasteiger partial charge in [-0.3, -0.25) is 0 Å². The second-order valence-corrected chi connectivity index (χ2v) is 3.58. The first-order valence-corrected chi connectivity index (χ1v) is 5.06. The Hall–Kier alpha value is -1.37. The van der Waals surface area contributed by atoms with E-state index in [0.717, 1.165) is 5.56 Å². The molecule has 0 fully saturated rings. The molecule has 0 saturated carbocycles. The smallest absolute Gasteiger partial charge is 0.0837 e. The average molecular weight is 204 g/mol. The van der Waals surface area contributed by atoms with Crippen molar-refractivity contribution < 1.29 is 5.11 Å². The maximum atomic E-state index is 9.01.